The molecule has 3 aromatic heterocycles. The molecule has 8 aromatic rings. The summed E-state index contributed by atoms with van der Waals surface area (Å²) in [6.07, 6.45) is 0. The Bertz CT molecular complexity index is 2190. The van der Waals surface area contributed by atoms with Gasteiger partial charge in [0.1, 0.15) is 0 Å². The van der Waals surface area contributed by atoms with E-state index in [4.69, 9.17) is 19.9 Å². The molecule has 3 heterocycles. The highest BCUT2D eigenvalue weighted by molar-refractivity contribution is 7.26. The van der Waals surface area contributed by atoms with Crippen LogP contribution in [0.25, 0.3) is 76.5 Å². The highest BCUT2D eigenvalue weighted by Gasteiger charge is 2.20. The zero-order valence-corrected chi connectivity index (χ0v) is 22.7. The topological polar surface area (TPSA) is 51.6 Å². The van der Waals surface area contributed by atoms with Crippen LogP contribution in [0.5, 0.6) is 0 Å². The minimum atomic E-state index is 0.642. The molecular weight excluding hydrogens is 520 g/mol. The summed E-state index contributed by atoms with van der Waals surface area (Å²) in [5, 5.41) is 2.18. The third-order valence-corrected chi connectivity index (χ3v) is 8.52. The van der Waals surface area contributed by atoms with Crippen LogP contribution in [-0.2, 0) is 0 Å². The minimum absolute atomic E-state index is 0.642. The van der Waals surface area contributed by atoms with Gasteiger partial charge in [-0.05, 0) is 23.3 Å². The van der Waals surface area contributed by atoms with Gasteiger partial charge >= 0.3 is 0 Å². The fourth-order valence-corrected chi connectivity index (χ4v) is 6.53. The van der Waals surface area contributed by atoms with E-state index in [0.717, 1.165) is 48.8 Å². The average molecular weight is 543 g/mol. The van der Waals surface area contributed by atoms with Gasteiger partial charge in [0.15, 0.2) is 17.5 Å². The van der Waals surface area contributed by atoms with Gasteiger partial charge in [0, 0.05) is 32.2 Å². The Labute approximate surface area is 240 Å². The van der Waals surface area contributed by atoms with Gasteiger partial charge in [0.2, 0.25) is 0 Å². The first-order valence-electron chi connectivity index (χ1n) is 13.5. The molecule has 41 heavy (non-hydrogen) atoms. The van der Waals surface area contributed by atoms with Crippen LogP contribution in [0.3, 0.4) is 0 Å². The zero-order valence-electron chi connectivity index (χ0n) is 21.9. The Morgan fingerprint density at radius 2 is 0.902 bits per heavy atom. The summed E-state index contributed by atoms with van der Waals surface area (Å²) >= 11 is 1.74. The lowest BCUT2D eigenvalue weighted by Crippen LogP contribution is -2.01. The Kier molecular flexibility index (Phi) is 5.61. The summed E-state index contributed by atoms with van der Waals surface area (Å²) in [5.41, 5.74) is 7.12. The van der Waals surface area contributed by atoms with E-state index in [-0.39, 0.29) is 0 Å². The first-order chi connectivity index (χ1) is 20.3. The van der Waals surface area contributed by atoms with Crippen LogP contribution < -0.4 is 0 Å². The van der Waals surface area contributed by atoms with Crippen LogP contribution in [0.4, 0.5) is 0 Å². The summed E-state index contributed by atoms with van der Waals surface area (Å²) in [5.74, 6) is 1.94. The highest BCUT2D eigenvalue weighted by Crippen LogP contribution is 2.42. The molecule has 0 saturated heterocycles. The second-order valence-corrected chi connectivity index (χ2v) is 10.9. The van der Waals surface area contributed by atoms with Gasteiger partial charge in [-0.2, -0.15) is 0 Å². The number of rotatable bonds is 4. The molecule has 0 aliphatic carbocycles. The van der Waals surface area contributed by atoms with Crippen molar-refractivity contribution in [2.24, 2.45) is 0 Å². The predicted octanol–water partition coefficient (Wildman–Crippen LogP) is 9.46. The molecule has 0 spiro atoms. The fourth-order valence-electron chi connectivity index (χ4n) is 5.34. The monoisotopic (exact) mass is 542 g/mol. The largest absolute Gasteiger partial charge is 0.246 e. The number of hydrogen-bond donors (Lipinski definition) is 0. The molecule has 0 fully saturated rings. The van der Waals surface area contributed by atoms with Crippen molar-refractivity contribution < 1.29 is 0 Å². The number of fused-ring (bicyclic) bond motifs is 4. The Morgan fingerprint density at radius 3 is 1.63 bits per heavy atom. The molecule has 8 rings (SSSR count). The van der Waals surface area contributed by atoms with Gasteiger partial charge in [-0.3, -0.25) is 0 Å². The molecule has 0 radical (unpaired) electrons. The second kappa shape index (κ2) is 9.73. The zero-order chi connectivity index (χ0) is 27.2. The van der Waals surface area contributed by atoms with E-state index >= 15 is 0 Å². The van der Waals surface area contributed by atoms with Crippen LogP contribution in [0, 0.1) is 0 Å². The summed E-state index contributed by atoms with van der Waals surface area (Å²) < 4.78 is 2.28. The van der Waals surface area contributed by atoms with Crippen molar-refractivity contribution in [2.75, 3.05) is 0 Å². The molecule has 0 bridgehead atoms. The van der Waals surface area contributed by atoms with Gasteiger partial charge in [-0.1, -0.05) is 121 Å². The number of benzene rings is 5. The first-order valence-corrected chi connectivity index (χ1v) is 14.3. The van der Waals surface area contributed by atoms with Gasteiger partial charge in [-0.25, -0.2) is 19.9 Å². The van der Waals surface area contributed by atoms with E-state index in [0.29, 0.717) is 17.5 Å². The number of aromatic nitrogens is 4. The lowest BCUT2D eigenvalue weighted by Gasteiger charge is -2.11. The van der Waals surface area contributed by atoms with Crippen molar-refractivity contribution in [3.05, 3.63) is 133 Å². The van der Waals surface area contributed by atoms with E-state index in [1.165, 1.54) is 10.3 Å². The summed E-state index contributed by atoms with van der Waals surface area (Å²) in [6.45, 7) is 0. The van der Waals surface area contributed by atoms with Crippen molar-refractivity contribution in [1.29, 1.82) is 0 Å². The molecule has 5 heteroatoms. The molecule has 0 saturated carbocycles. The maximum absolute atomic E-state index is 5.13. The smallest absolute Gasteiger partial charge is 0.166 e. The first kappa shape index (κ1) is 23.6. The van der Waals surface area contributed by atoms with Crippen LogP contribution in [0.2, 0.25) is 0 Å². The molecule has 0 N–H and O–H groups in total. The number of nitrogens with zero attached hydrogens (tertiary/aromatic N) is 4. The molecule has 192 valence electrons. The van der Waals surface area contributed by atoms with E-state index < -0.39 is 0 Å². The standard InChI is InChI=1S/C36H22N4S/c1-3-11-23(12-4-1)24-19-21-26(22-20-24)35-38-34(25-13-5-2-6-14-25)39-36(40-35)31-27-15-7-9-17-29(27)37-32-28-16-8-10-18-30(28)41-33(31)32/h1-22H. The van der Waals surface area contributed by atoms with Crippen molar-refractivity contribution in [3.8, 4) is 45.3 Å². The molecule has 0 unspecified atom stereocenters. The quantitative estimate of drug-likeness (QED) is 0.222. The van der Waals surface area contributed by atoms with E-state index in [9.17, 15) is 0 Å². The minimum Gasteiger partial charge on any atom is -0.246 e. The van der Waals surface area contributed by atoms with Crippen LogP contribution in [-0.4, -0.2) is 19.9 Å². The molecule has 0 atom stereocenters. The molecular formula is C36H22N4S. The summed E-state index contributed by atoms with van der Waals surface area (Å²) in [6, 6.07) is 45.6. The maximum atomic E-state index is 5.13. The highest BCUT2D eigenvalue weighted by atomic mass is 32.1. The van der Waals surface area contributed by atoms with E-state index in [2.05, 4.69) is 91.0 Å². The average Bonchev–Trinajstić information content (AvgIpc) is 3.42. The SMILES string of the molecule is c1ccc(-c2ccc(-c3nc(-c4ccccc4)nc(-c4c5ccccc5nc5c4sc4ccccc45)n3)cc2)cc1. The van der Waals surface area contributed by atoms with Crippen LogP contribution in [0.15, 0.2) is 133 Å². The number of hydrogen-bond acceptors (Lipinski definition) is 5. The lowest BCUT2D eigenvalue weighted by molar-refractivity contribution is 1.08. The van der Waals surface area contributed by atoms with Gasteiger partial charge in [-0.15, -0.1) is 11.3 Å². The van der Waals surface area contributed by atoms with Crippen molar-refractivity contribution in [3.63, 3.8) is 0 Å². The Balaban J connectivity index is 1.39. The summed E-state index contributed by atoms with van der Waals surface area (Å²) in [4.78, 5) is 20.3. The van der Waals surface area contributed by atoms with Gasteiger partial charge < -0.3 is 0 Å². The Hall–Kier alpha value is -5.26. The number of pyridine rings is 1. The van der Waals surface area contributed by atoms with E-state index in [1.54, 1.807) is 11.3 Å². The number of thiophene rings is 1. The van der Waals surface area contributed by atoms with Crippen LogP contribution >= 0.6 is 11.3 Å². The van der Waals surface area contributed by atoms with Crippen molar-refractivity contribution in [1.82, 2.24) is 19.9 Å². The number of para-hydroxylation sites is 1. The third kappa shape index (κ3) is 4.15. The summed E-state index contributed by atoms with van der Waals surface area (Å²) in [7, 11) is 0. The molecule has 0 aliphatic heterocycles. The third-order valence-electron chi connectivity index (χ3n) is 7.34. The van der Waals surface area contributed by atoms with Crippen molar-refractivity contribution >= 4 is 42.5 Å². The van der Waals surface area contributed by atoms with Gasteiger partial charge in [0.25, 0.3) is 0 Å². The fraction of sp³-hybridized carbons (Fsp3) is 0. The molecule has 0 amide bonds. The van der Waals surface area contributed by atoms with Crippen molar-refractivity contribution in [2.45, 2.75) is 0 Å². The maximum Gasteiger partial charge on any atom is 0.166 e. The molecule has 5 aromatic carbocycles. The molecule has 4 nitrogen and oxygen atoms in total. The predicted molar refractivity (Wildman–Crippen MR) is 170 cm³/mol. The van der Waals surface area contributed by atoms with Crippen LogP contribution in [0.1, 0.15) is 0 Å². The van der Waals surface area contributed by atoms with E-state index in [1.807, 2.05) is 42.5 Å². The Morgan fingerprint density at radius 1 is 0.390 bits per heavy atom. The second-order valence-electron chi connectivity index (χ2n) is 9.90. The lowest BCUT2D eigenvalue weighted by atomic mass is 10.0. The normalized spacial score (nSPS) is 11.4. The van der Waals surface area contributed by atoms with Gasteiger partial charge in [0.05, 0.1) is 15.7 Å². The molecule has 0 aliphatic rings.